The Labute approximate surface area is 296 Å². The Bertz CT molecular complexity index is 1710. The Morgan fingerprint density at radius 1 is 1.04 bits per heavy atom. The van der Waals surface area contributed by atoms with Crippen LogP contribution in [0.4, 0.5) is 18.9 Å². The van der Waals surface area contributed by atoms with Crippen molar-refractivity contribution in [3.05, 3.63) is 89.1 Å². The van der Waals surface area contributed by atoms with E-state index in [9.17, 15) is 27.6 Å². The zero-order valence-corrected chi connectivity index (χ0v) is 29.4. The van der Waals surface area contributed by atoms with Crippen LogP contribution in [-0.2, 0) is 27.0 Å². The van der Waals surface area contributed by atoms with E-state index in [1.54, 1.807) is 30.5 Å². The smallest absolute Gasteiger partial charge is 0.375 e. The molecule has 1 amide bonds. The number of nitrogens with zero attached hydrogens (tertiary/aromatic N) is 1. The van der Waals surface area contributed by atoms with Crippen molar-refractivity contribution in [2.24, 2.45) is 23.7 Å². The van der Waals surface area contributed by atoms with Gasteiger partial charge in [0.2, 0.25) is 5.91 Å². The summed E-state index contributed by atoms with van der Waals surface area (Å²) in [4.78, 5) is 44.3. The third-order valence-corrected chi connectivity index (χ3v) is 10.9. The predicted molar refractivity (Wildman–Crippen MR) is 193 cm³/mol. The number of nitrogens with one attached hydrogen (secondary N) is 2. The van der Waals surface area contributed by atoms with E-state index >= 15 is 0 Å². The molecule has 0 spiro atoms. The fourth-order valence-corrected chi connectivity index (χ4v) is 8.16. The minimum Gasteiger partial charge on any atom is -0.375 e. The second kappa shape index (κ2) is 17.3. The van der Waals surface area contributed by atoms with Crippen molar-refractivity contribution in [1.82, 2.24) is 10.3 Å². The number of carbonyl (C=O) groups is 3. The minimum absolute atomic E-state index is 0.0124. The van der Waals surface area contributed by atoms with Gasteiger partial charge < -0.3 is 10.6 Å². The molecule has 10 heteroatoms. The molecular weight excluding hydrogens is 660 g/mol. The topological polar surface area (TPSA) is 88.2 Å². The number of para-hydroxylation sites is 1. The van der Waals surface area contributed by atoms with Gasteiger partial charge in [0.15, 0.2) is 5.78 Å². The van der Waals surface area contributed by atoms with Gasteiger partial charge in [0.05, 0.1) is 32.7 Å². The molecule has 1 heterocycles. The lowest BCUT2D eigenvalue weighted by Gasteiger charge is -2.35. The number of hydrogen-bond donors (Lipinski definition) is 2. The molecule has 0 aliphatic heterocycles. The van der Waals surface area contributed by atoms with Crippen LogP contribution in [0.1, 0.15) is 81.2 Å². The highest BCUT2D eigenvalue weighted by molar-refractivity contribution is 7.18. The van der Waals surface area contributed by atoms with Crippen molar-refractivity contribution in [2.75, 3.05) is 12.4 Å². The lowest BCUT2D eigenvalue weighted by Crippen LogP contribution is -2.40. The summed E-state index contributed by atoms with van der Waals surface area (Å²) >= 11 is 1.64. The van der Waals surface area contributed by atoms with Gasteiger partial charge in [-0.3, -0.25) is 14.4 Å². The number of anilines is 1. The Morgan fingerprint density at radius 3 is 2.60 bits per heavy atom. The molecule has 6 nitrogen and oxygen atoms in total. The second-order valence-corrected chi connectivity index (χ2v) is 14.7. The quantitative estimate of drug-likeness (QED) is 0.0831. The molecule has 2 saturated carbocycles. The van der Waals surface area contributed by atoms with Gasteiger partial charge in [-0.2, -0.15) is 13.2 Å². The number of allylic oxidation sites excluding steroid dienone is 1. The van der Waals surface area contributed by atoms with E-state index < -0.39 is 23.7 Å². The van der Waals surface area contributed by atoms with Gasteiger partial charge >= 0.3 is 6.18 Å². The fourth-order valence-electron chi connectivity index (χ4n) is 7.08. The Kier molecular flexibility index (Phi) is 12.9. The molecule has 0 saturated heterocycles. The van der Waals surface area contributed by atoms with E-state index in [2.05, 4.69) is 22.9 Å². The van der Waals surface area contributed by atoms with E-state index in [0.29, 0.717) is 51.4 Å². The maximum Gasteiger partial charge on any atom is 0.416 e. The molecule has 3 aromatic rings. The summed E-state index contributed by atoms with van der Waals surface area (Å²) in [7, 11) is 1.63. The van der Waals surface area contributed by atoms with Crippen molar-refractivity contribution in [3.63, 3.8) is 0 Å². The number of hydrogen-bond acceptors (Lipinski definition) is 6. The molecule has 0 bridgehead atoms. The number of Topliss-reactive ketones (excluding diaryl/α,β-unsaturated/α-hetero) is 2. The zero-order valence-electron chi connectivity index (χ0n) is 28.6. The number of carbonyl (C=O) groups excluding carboxylic acids is 3. The highest BCUT2D eigenvalue weighted by Gasteiger charge is 2.39. The van der Waals surface area contributed by atoms with Gasteiger partial charge in [-0.25, -0.2) is 4.98 Å². The summed E-state index contributed by atoms with van der Waals surface area (Å²) in [5.41, 5.74) is 4.65. The van der Waals surface area contributed by atoms with Crippen LogP contribution in [-0.4, -0.2) is 35.5 Å². The fraction of sp³-hybridized carbons (Fsp3) is 0.475. The zero-order chi connectivity index (χ0) is 35.7. The molecule has 2 aliphatic rings. The number of amides is 1. The van der Waals surface area contributed by atoms with Crippen molar-refractivity contribution in [2.45, 2.75) is 89.3 Å². The summed E-state index contributed by atoms with van der Waals surface area (Å²) in [6.45, 7) is 3.76. The molecule has 2 fully saturated rings. The lowest BCUT2D eigenvalue weighted by atomic mass is 9.69. The van der Waals surface area contributed by atoms with Gasteiger partial charge in [-0.15, -0.1) is 23.6 Å². The molecule has 0 radical (unpaired) electrons. The molecule has 1 unspecified atom stereocenters. The number of halogens is 3. The molecular formula is C40H46F3N3O3S. The minimum atomic E-state index is -4.50. The summed E-state index contributed by atoms with van der Waals surface area (Å²) < 4.78 is 41.8. The van der Waals surface area contributed by atoms with Crippen LogP contribution >= 0.6 is 11.3 Å². The first-order chi connectivity index (χ1) is 24.0. The first-order valence-corrected chi connectivity index (χ1v) is 18.5. The molecule has 50 heavy (non-hydrogen) atoms. The first kappa shape index (κ1) is 37.3. The average Bonchev–Trinajstić information content (AvgIpc) is 3.77. The molecule has 2 aromatic carbocycles. The standard InChI is InChI=1S/C40H46F3N3O3S/c1-3-4-18-35(47)28-20-26(22-37-46-33-16-10-11-19-36(33)50-37)21-29(23-28)38(48)34(45-31-15-12-14-30(25-31)40(41,42)43)17-9-7-5-6-8-13-27-24-32(27)39(49)44-2/h3,8,10-12,14-16,19,25-26,28-29,32,34,45H,1,4-7,9,17-18,20-24H2,2H3,(H,44,49)/t13?,26-,28-,29?,32+,34+/m1/s1. The highest BCUT2D eigenvalue weighted by Crippen LogP contribution is 2.40. The van der Waals surface area contributed by atoms with Crippen LogP contribution in [0, 0.1) is 23.7 Å². The van der Waals surface area contributed by atoms with Gasteiger partial charge in [-0.1, -0.05) is 37.1 Å². The molecule has 5 atom stereocenters. The summed E-state index contributed by atoms with van der Waals surface area (Å²) in [6.07, 6.45) is 6.96. The Hall–Kier alpha value is -4.01. The molecule has 2 N–H and O–H groups in total. The SMILES string of the molecule is C=CCCC(=O)[C@H]1CC(C(=O)[C@H](CCCCCC=C=C2C[C@@H]2C(=O)NC)Nc2cccc(C(F)(F)F)c2)C[C@H](Cc2nc3ccccc3s2)C1. The normalized spacial score (nSPS) is 20.8. The summed E-state index contributed by atoms with van der Waals surface area (Å²) in [6, 6.07) is 12.3. The molecule has 266 valence electrons. The van der Waals surface area contributed by atoms with Crippen LogP contribution < -0.4 is 10.6 Å². The largest absolute Gasteiger partial charge is 0.416 e. The average molecular weight is 706 g/mol. The van der Waals surface area contributed by atoms with Gasteiger partial charge in [0.1, 0.15) is 5.78 Å². The van der Waals surface area contributed by atoms with Crippen LogP contribution in [0.5, 0.6) is 0 Å². The van der Waals surface area contributed by atoms with E-state index in [1.807, 2.05) is 30.3 Å². The van der Waals surface area contributed by atoms with E-state index in [-0.39, 0.29) is 40.9 Å². The molecule has 1 aromatic heterocycles. The van der Waals surface area contributed by atoms with Crippen molar-refractivity contribution < 1.29 is 27.6 Å². The molecule has 5 rings (SSSR count). The summed E-state index contributed by atoms with van der Waals surface area (Å²) in [5.74, 6) is -0.542. The number of ketones is 2. The van der Waals surface area contributed by atoms with Crippen molar-refractivity contribution in [3.8, 4) is 0 Å². The number of fused-ring (bicyclic) bond motifs is 1. The van der Waals surface area contributed by atoms with Gasteiger partial charge in [-0.05, 0) is 99.3 Å². The molecule has 2 aliphatic carbocycles. The van der Waals surface area contributed by atoms with Gasteiger partial charge in [0.25, 0.3) is 0 Å². The van der Waals surface area contributed by atoms with Crippen molar-refractivity contribution >= 4 is 44.7 Å². The third-order valence-electron chi connectivity index (χ3n) is 9.81. The Balaban J connectivity index is 1.29. The second-order valence-electron chi connectivity index (χ2n) is 13.6. The summed E-state index contributed by atoms with van der Waals surface area (Å²) in [5, 5.41) is 6.81. The maximum atomic E-state index is 14.4. The van der Waals surface area contributed by atoms with Crippen molar-refractivity contribution in [1.29, 1.82) is 0 Å². The van der Waals surface area contributed by atoms with Gasteiger partial charge in [0, 0.05) is 37.4 Å². The Morgan fingerprint density at radius 2 is 1.84 bits per heavy atom. The van der Waals surface area contributed by atoms with E-state index in [1.165, 1.54) is 6.07 Å². The number of benzene rings is 2. The highest BCUT2D eigenvalue weighted by atomic mass is 32.1. The number of thiazole rings is 1. The third kappa shape index (κ3) is 10.3. The monoisotopic (exact) mass is 705 g/mol. The van der Waals surface area contributed by atoms with Crippen LogP contribution in [0.25, 0.3) is 10.2 Å². The number of aromatic nitrogens is 1. The van der Waals surface area contributed by atoms with Crippen LogP contribution in [0.15, 0.2) is 78.6 Å². The predicted octanol–water partition coefficient (Wildman–Crippen LogP) is 9.27. The van der Waals surface area contributed by atoms with E-state index in [0.717, 1.165) is 58.6 Å². The van der Waals surface area contributed by atoms with Crippen LogP contribution in [0.2, 0.25) is 0 Å². The van der Waals surface area contributed by atoms with Crippen LogP contribution in [0.3, 0.4) is 0 Å². The number of alkyl halides is 3. The lowest BCUT2D eigenvalue weighted by molar-refractivity contribution is -0.137. The number of rotatable bonds is 17. The first-order valence-electron chi connectivity index (χ1n) is 17.7. The van der Waals surface area contributed by atoms with E-state index in [4.69, 9.17) is 4.98 Å². The number of unbranched alkanes of at least 4 members (excludes halogenated alkanes) is 3. The maximum absolute atomic E-state index is 14.4.